The predicted molar refractivity (Wildman–Crippen MR) is 84.4 cm³/mol. The maximum absolute atomic E-state index is 11.0. The molecule has 2 aromatic carbocycles. The van der Waals surface area contributed by atoms with E-state index in [-0.39, 0.29) is 11.3 Å². The molecule has 7 heteroatoms. The molecule has 112 valence electrons. The van der Waals surface area contributed by atoms with Gasteiger partial charge in [0.15, 0.2) is 11.5 Å². The van der Waals surface area contributed by atoms with Crippen LogP contribution >= 0.6 is 15.9 Å². The number of nitrogens with zero attached hydrogens (tertiary/aromatic N) is 1. The molecule has 0 aliphatic rings. The van der Waals surface area contributed by atoms with Gasteiger partial charge in [0, 0.05) is 5.56 Å². The number of H-pyrrole nitrogens is 1. The summed E-state index contributed by atoms with van der Waals surface area (Å²) in [5, 5.41) is 18.9. The van der Waals surface area contributed by atoms with Crippen LogP contribution in [0.5, 0.6) is 11.5 Å². The second kappa shape index (κ2) is 5.34. The molecule has 3 rings (SSSR count). The van der Waals surface area contributed by atoms with E-state index in [1.807, 2.05) is 0 Å². The smallest absolute Gasteiger partial charge is 0.335 e. The molecule has 0 unspecified atom stereocenters. The van der Waals surface area contributed by atoms with E-state index >= 15 is 0 Å². The van der Waals surface area contributed by atoms with Crippen LogP contribution in [0.2, 0.25) is 0 Å². The van der Waals surface area contributed by atoms with Crippen molar-refractivity contribution in [1.82, 2.24) is 9.97 Å². The summed E-state index contributed by atoms with van der Waals surface area (Å²) in [6.07, 6.45) is 0. The lowest BCUT2D eigenvalue weighted by molar-refractivity contribution is 0.0697. The molecule has 1 heterocycles. The predicted octanol–water partition coefficient (Wildman–Crippen LogP) is 3.40. The van der Waals surface area contributed by atoms with E-state index in [0.29, 0.717) is 32.6 Å². The number of hydrogen-bond donors (Lipinski definition) is 3. The highest BCUT2D eigenvalue weighted by Gasteiger charge is 2.13. The first kappa shape index (κ1) is 14.4. The maximum Gasteiger partial charge on any atom is 0.335 e. The Balaban J connectivity index is 2.14. The fourth-order valence-corrected chi connectivity index (χ4v) is 2.59. The molecule has 0 bridgehead atoms. The van der Waals surface area contributed by atoms with Gasteiger partial charge in [-0.05, 0) is 46.3 Å². The minimum absolute atomic E-state index is 0.00974. The minimum atomic E-state index is -0.993. The van der Waals surface area contributed by atoms with Crippen LogP contribution in [0.4, 0.5) is 0 Å². The van der Waals surface area contributed by atoms with Gasteiger partial charge in [-0.1, -0.05) is 0 Å². The second-order valence-corrected chi connectivity index (χ2v) is 5.49. The Labute approximate surface area is 133 Å². The number of phenols is 1. The zero-order chi connectivity index (χ0) is 15.9. The molecule has 0 atom stereocenters. The van der Waals surface area contributed by atoms with E-state index in [2.05, 4.69) is 25.9 Å². The zero-order valence-corrected chi connectivity index (χ0v) is 13.0. The number of aromatic amines is 1. The number of benzene rings is 2. The van der Waals surface area contributed by atoms with E-state index in [9.17, 15) is 9.90 Å². The lowest BCUT2D eigenvalue weighted by Gasteiger charge is -2.07. The van der Waals surface area contributed by atoms with Gasteiger partial charge < -0.3 is 19.9 Å². The highest BCUT2D eigenvalue weighted by Crippen LogP contribution is 2.38. The molecule has 6 nitrogen and oxygen atoms in total. The average molecular weight is 363 g/mol. The molecule has 0 radical (unpaired) electrons. The molecule has 0 fully saturated rings. The number of aromatic hydroxyl groups is 1. The molecular weight excluding hydrogens is 352 g/mol. The Hall–Kier alpha value is -2.54. The molecule has 0 aliphatic heterocycles. The number of methoxy groups -OCH3 is 1. The van der Waals surface area contributed by atoms with Gasteiger partial charge in [0.1, 0.15) is 5.82 Å². The first-order valence-corrected chi connectivity index (χ1v) is 7.09. The Morgan fingerprint density at radius 2 is 2.09 bits per heavy atom. The molecule has 3 aromatic rings. The quantitative estimate of drug-likeness (QED) is 0.663. The van der Waals surface area contributed by atoms with Gasteiger partial charge in [0.05, 0.1) is 28.2 Å². The maximum atomic E-state index is 11.0. The Bertz CT molecular complexity index is 889. The third-order valence-electron chi connectivity index (χ3n) is 3.25. The summed E-state index contributed by atoms with van der Waals surface area (Å²) in [6.45, 7) is 0. The van der Waals surface area contributed by atoms with Crippen LogP contribution in [0.1, 0.15) is 10.4 Å². The van der Waals surface area contributed by atoms with E-state index in [4.69, 9.17) is 9.84 Å². The molecule has 0 amide bonds. The third-order valence-corrected chi connectivity index (χ3v) is 3.86. The van der Waals surface area contributed by atoms with Crippen molar-refractivity contribution < 1.29 is 19.7 Å². The lowest BCUT2D eigenvalue weighted by Crippen LogP contribution is -1.94. The van der Waals surface area contributed by atoms with Crippen LogP contribution < -0.4 is 4.74 Å². The fraction of sp³-hybridized carbons (Fsp3) is 0.0667. The van der Waals surface area contributed by atoms with Crippen LogP contribution in [-0.2, 0) is 0 Å². The number of fused-ring (bicyclic) bond motifs is 1. The van der Waals surface area contributed by atoms with Gasteiger partial charge in [-0.3, -0.25) is 0 Å². The third kappa shape index (κ3) is 2.39. The van der Waals surface area contributed by atoms with Crippen LogP contribution in [-0.4, -0.2) is 33.3 Å². The van der Waals surface area contributed by atoms with Crippen molar-refractivity contribution in [1.29, 1.82) is 0 Å². The number of aromatic carboxylic acids is 1. The minimum Gasteiger partial charge on any atom is -0.503 e. The van der Waals surface area contributed by atoms with Gasteiger partial charge in [-0.2, -0.15) is 0 Å². The fourth-order valence-electron chi connectivity index (χ4n) is 2.15. The van der Waals surface area contributed by atoms with E-state index in [1.54, 1.807) is 18.2 Å². The van der Waals surface area contributed by atoms with E-state index in [0.717, 1.165) is 0 Å². The second-order valence-electron chi connectivity index (χ2n) is 4.63. The van der Waals surface area contributed by atoms with Gasteiger partial charge in [-0.25, -0.2) is 9.78 Å². The summed E-state index contributed by atoms with van der Waals surface area (Å²) < 4.78 is 5.59. The van der Waals surface area contributed by atoms with Crippen LogP contribution in [0.25, 0.3) is 22.4 Å². The van der Waals surface area contributed by atoms with Crippen LogP contribution in [0.3, 0.4) is 0 Å². The lowest BCUT2D eigenvalue weighted by atomic mass is 10.2. The number of carboxylic acids is 1. The summed E-state index contributed by atoms with van der Waals surface area (Å²) in [7, 11) is 1.46. The number of carbonyl (C=O) groups is 1. The topological polar surface area (TPSA) is 95.4 Å². The summed E-state index contributed by atoms with van der Waals surface area (Å²) in [4.78, 5) is 18.5. The number of hydrogen-bond acceptors (Lipinski definition) is 4. The Kier molecular flexibility index (Phi) is 3.50. The van der Waals surface area contributed by atoms with Gasteiger partial charge in [-0.15, -0.1) is 0 Å². The first-order valence-electron chi connectivity index (χ1n) is 6.29. The summed E-state index contributed by atoms with van der Waals surface area (Å²) in [5.74, 6) is -0.116. The monoisotopic (exact) mass is 362 g/mol. The van der Waals surface area contributed by atoms with E-state index in [1.165, 1.54) is 19.2 Å². The molecule has 0 saturated carbocycles. The molecule has 0 saturated heterocycles. The van der Waals surface area contributed by atoms with Crippen molar-refractivity contribution in [2.45, 2.75) is 0 Å². The van der Waals surface area contributed by atoms with Crippen molar-refractivity contribution >= 4 is 32.9 Å². The Morgan fingerprint density at radius 3 is 2.77 bits per heavy atom. The number of rotatable bonds is 3. The SMILES string of the molecule is COc1cc(-c2nc3ccc(C(=O)O)cc3[nH]2)cc(Br)c1O. The van der Waals surface area contributed by atoms with Crippen molar-refractivity contribution in [2.75, 3.05) is 7.11 Å². The van der Waals surface area contributed by atoms with E-state index < -0.39 is 5.97 Å². The summed E-state index contributed by atoms with van der Waals surface area (Å²) in [5.41, 5.74) is 2.17. The van der Waals surface area contributed by atoms with Crippen LogP contribution in [0, 0.1) is 0 Å². The highest BCUT2D eigenvalue weighted by molar-refractivity contribution is 9.10. The van der Waals surface area contributed by atoms with Gasteiger partial charge in [0.25, 0.3) is 0 Å². The van der Waals surface area contributed by atoms with Crippen molar-refractivity contribution in [3.8, 4) is 22.9 Å². The number of ether oxygens (including phenoxy) is 1. The van der Waals surface area contributed by atoms with Gasteiger partial charge >= 0.3 is 5.97 Å². The van der Waals surface area contributed by atoms with Crippen molar-refractivity contribution in [3.63, 3.8) is 0 Å². The van der Waals surface area contributed by atoms with Gasteiger partial charge in [0.2, 0.25) is 0 Å². The molecule has 1 aromatic heterocycles. The number of phenolic OH excluding ortho intramolecular Hbond substituents is 1. The zero-order valence-electron chi connectivity index (χ0n) is 11.4. The molecule has 22 heavy (non-hydrogen) atoms. The number of aromatic nitrogens is 2. The highest BCUT2D eigenvalue weighted by atomic mass is 79.9. The summed E-state index contributed by atoms with van der Waals surface area (Å²) in [6, 6.07) is 8.03. The van der Waals surface area contributed by atoms with Crippen molar-refractivity contribution in [2.24, 2.45) is 0 Å². The average Bonchev–Trinajstić information content (AvgIpc) is 2.92. The van der Waals surface area contributed by atoms with Crippen LogP contribution in [0.15, 0.2) is 34.8 Å². The number of nitrogens with one attached hydrogen (secondary N) is 1. The molecule has 3 N–H and O–H groups in total. The normalized spacial score (nSPS) is 10.8. The largest absolute Gasteiger partial charge is 0.503 e. The number of imidazole rings is 1. The standard InChI is InChI=1S/C15H11BrN2O4/c1-22-12-6-8(4-9(16)13(12)19)14-17-10-3-2-7(15(20)21)5-11(10)18-14/h2-6,19H,1H3,(H,17,18)(H,20,21). The molecular formula is C15H11BrN2O4. The first-order chi connectivity index (χ1) is 10.5. The molecule has 0 spiro atoms. The van der Waals surface area contributed by atoms with Crippen molar-refractivity contribution in [3.05, 3.63) is 40.4 Å². The molecule has 0 aliphatic carbocycles. The Morgan fingerprint density at radius 1 is 1.32 bits per heavy atom. The number of halogens is 1. The number of carboxylic acid groups (broad SMARTS) is 1. The summed E-state index contributed by atoms with van der Waals surface area (Å²) >= 11 is 3.26.